The van der Waals surface area contributed by atoms with Crippen molar-refractivity contribution >= 4 is 16.4 Å². The van der Waals surface area contributed by atoms with Gasteiger partial charge in [0.15, 0.2) is 6.29 Å². The summed E-state index contributed by atoms with van der Waals surface area (Å²) in [6.45, 7) is 3.86. The maximum absolute atomic E-state index is 12.8. The van der Waals surface area contributed by atoms with Crippen molar-refractivity contribution in [3.63, 3.8) is 0 Å². The molecule has 356 valence electrons. The normalized spacial score (nSPS) is 20.5. The maximum Gasteiger partial charge on any atom is 0.397 e. The number of unbranched alkanes of at least 4 members (excludes halogenated alkanes) is 20. The molecule has 0 aromatic rings. The molecule has 12 nitrogen and oxygen atoms in total. The molecule has 6 atom stereocenters. The lowest BCUT2D eigenvalue weighted by atomic mass is 9.99. The lowest BCUT2D eigenvalue weighted by Crippen LogP contribution is -2.60. The van der Waals surface area contributed by atoms with Crippen LogP contribution in [0.3, 0.4) is 0 Å². The zero-order valence-corrected chi connectivity index (χ0v) is 38.8. The SMILES string of the molecule is CC/C=C\C/C=C\C/C=C\C/C=C\CCCCCCCCCCCOCC(COC1OC(CO)C(O)C(OS(=O)(=O)O)C1O)OC(=O)CCCCCCCCCCCCCC. The predicted octanol–water partition coefficient (Wildman–Crippen LogP) is 10.4. The average Bonchev–Trinajstić information content (AvgIpc) is 3.23. The molecule has 1 aliphatic rings. The summed E-state index contributed by atoms with van der Waals surface area (Å²) >= 11 is 0. The molecule has 0 saturated carbocycles. The number of carbonyl (C=O) groups excluding carboxylic acids is 1. The number of esters is 1. The Kier molecular flexibility index (Phi) is 37.1. The summed E-state index contributed by atoms with van der Waals surface area (Å²) in [5.41, 5.74) is 0. The first-order valence-electron chi connectivity index (χ1n) is 23.9. The van der Waals surface area contributed by atoms with Crippen molar-refractivity contribution in [2.45, 2.75) is 224 Å². The van der Waals surface area contributed by atoms with Crippen LogP contribution in [0.25, 0.3) is 0 Å². The highest BCUT2D eigenvalue weighted by atomic mass is 32.3. The molecule has 1 aliphatic heterocycles. The zero-order valence-electron chi connectivity index (χ0n) is 38.0. The van der Waals surface area contributed by atoms with Crippen molar-refractivity contribution in [2.75, 3.05) is 26.4 Å². The van der Waals surface area contributed by atoms with Crippen LogP contribution < -0.4 is 0 Å². The number of rotatable bonds is 41. The Morgan fingerprint density at radius 1 is 0.639 bits per heavy atom. The fourth-order valence-electron chi connectivity index (χ4n) is 7.13. The number of allylic oxidation sites excluding steroid dienone is 8. The van der Waals surface area contributed by atoms with Gasteiger partial charge in [-0.15, -0.1) is 0 Å². The molecule has 1 heterocycles. The summed E-state index contributed by atoms with van der Waals surface area (Å²) in [7, 11) is -5.06. The predicted molar refractivity (Wildman–Crippen MR) is 243 cm³/mol. The first-order valence-corrected chi connectivity index (χ1v) is 25.3. The molecule has 6 unspecified atom stereocenters. The van der Waals surface area contributed by atoms with Crippen LogP contribution in [0.4, 0.5) is 0 Å². The minimum Gasteiger partial charge on any atom is -0.457 e. The second-order valence-electron chi connectivity index (χ2n) is 16.3. The van der Waals surface area contributed by atoms with Crippen molar-refractivity contribution in [2.24, 2.45) is 0 Å². The van der Waals surface area contributed by atoms with E-state index in [0.29, 0.717) is 13.0 Å². The summed E-state index contributed by atoms with van der Waals surface area (Å²) in [5, 5.41) is 30.7. The third kappa shape index (κ3) is 33.3. The smallest absolute Gasteiger partial charge is 0.397 e. The highest BCUT2D eigenvalue weighted by Gasteiger charge is 2.48. The highest BCUT2D eigenvalue weighted by Crippen LogP contribution is 2.26. The van der Waals surface area contributed by atoms with Crippen molar-refractivity contribution in [3.8, 4) is 0 Å². The fraction of sp³-hybridized carbons (Fsp3) is 0.812. The lowest BCUT2D eigenvalue weighted by molar-refractivity contribution is -0.301. The van der Waals surface area contributed by atoms with Gasteiger partial charge in [-0.25, -0.2) is 4.18 Å². The van der Waals surface area contributed by atoms with Crippen LogP contribution >= 0.6 is 0 Å². The van der Waals surface area contributed by atoms with E-state index in [0.717, 1.165) is 70.6 Å². The van der Waals surface area contributed by atoms with Crippen LogP contribution in [0.2, 0.25) is 0 Å². The Morgan fingerprint density at radius 2 is 1.13 bits per heavy atom. The van der Waals surface area contributed by atoms with Crippen molar-refractivity contribution < 1.29 is 56.2 Å². The number of ether oxygens (including phenoxy) is 4. The maximum atomic E-state index is 12.8. The minimum absolute atomic E-state index is 0.0327. The number of hydrogen-bond acceptors (Lipinski definition) is 11. The molecule has 1 rings (SSSR count). The van der Waals surface area contributed by atoms with Gasteiger partial charge in [-0.3, -0.25) is 9.35 Å². The standard InChI is InChI=1S/C48H86O12S/c1-3-5-7-9-11-13-15-17-18-19-20-21-22-23-24-25-26-28-30-32-34-36-38-56-40-42(58-44(50)37-35-33-31-29-27-16-14-12-10-8-6-4-2)41-57-48-46(52)47(60-61(53,54)55)45(51)43(39-49)59-48/h5,7,11,13,17-18,20-21,42-43,45-49,51-52H,3-4,6,8-10,12,14-16,19,22-41H2,1-2H3,(H,53,54,55)/b7-5-,13-11-,18-17-,21-20-. The summed E-state index contributed by atoms with van der Waals surface area (Å²) in [5.74, 6) is -0.402. The summed E-state index contributed by atoms with van der Waals surface area (Å²) in [6.07, 6.45) is 38.6. The first kappa shape index (κ1) is 57.1. The second-order valence-corrected chi connectivity index (χ2v) is 17.4. The van der Waals surface area contributed by atoms with Crippen LogP contribution in [0.15, 0.2) is 48.6 Å². The van der Waals surface area contributed by atoms with Crippen molar-refractivity contribution in [3.05, 3.63) is 48.6 Å². The largest absolute Gasteiger partial charge is 0.457 e. The molecular formula is C48H86O12S. The molecule has 0 radical (unpaired) electrons. The van der Waals surface area contributed by atoms with Gasteiger partial charge in [-0.05, 0) is 51.4 Å². The van der Waals surface area contributed by atoms with Crippen LogP contribution in [-0.2, 0) is 38.3 Å². The molecule has 0 aliphatic carbocycles. The monoisotopic (exact) mass is 887 g/mol. The van der Waals surface area contributed by atoms with E-state index in [1.54, 1.807) is 0 Å². The minimum atomic E-state index is -5.06. The van der Waals surface area contributed by atoms with Crippen LogP contribution in [-0.4, -0.2) is 97.5 Å². The van der Waals surface area contributed by atoms with E-state index in [4.69, 9.17) is 23.5 Å². The van der Waals surface area contributed by atoms with Gasteiger partial charge in [-0.1, -0.05) is 178 Å². The van der Waals surface area contributed by atoms with Gasteiger partial charge in [0, 0.05) is 13.0 Å². The number of aliphatic hydroxyl groups excluding tert-OH is 3. The van der Waals surface area contributed by atoms with Crippen LogP contribution in [0.5, 0.6) is 0 Å². The van der Waals surface area contributed by atoms with E-state index >= 15 is 0 Å². The van der Waals surface area contributed by atoms with Crippen LogP contribution in [0, 0.1) is 0 Å². The molecule has 1 fully saturated rings. The lowest BCUT2D eigenvalue weighted by Gasteiger charge is -2.41. The van der Waals surface area contributed by atoms with Gasteiger partial charge < -0.3 is 34.3 Å². The molecule has 61 heavy (non-hydrogen) atoms. The average molecular weight is 887 g/mol. The van der Waals surface area contributed by atoms with Gasteiger partial charge in [0.1, 0.15) is 30.5 Å². The van der Waals surface area contributed by atoms with Gasteiger partial charge in [0.2, 0.25) is 0 Å². The Labute approximate surface area is 370 Å². The van der Waals surface area contributed by atoms with Crippen molar-refractivity contribution in [1.29, 1.82) is 0 Å². The second kappa shape index (κ2) is 39.6. The fourth-order valence-corrected chi connectivity index (χ4v) is 7.64. The third-order valence-electron chi connectivity index (χ3n) is 10.7. The quantitative estimate of drug-likeness (QED) is 0.0198. The van der Waals surface area contributed by atoms with Gasteiger partial charge in [0.05, 0.1) is 19.8 Å². The molecule has 0 bridgehead atoms. The molecule has 1 saturated heterocycles. The van der Waals surface area contributed by atoms with Gasteiger partial charge in [0.25, 0.3) is 0 Å². The first-order chi connectivity index (χ1) is 29.6. The Balaban J connectivity index is 2.36. The molecule has 0 aromatic heterocycles. The number of aliphatic hydroxyl groups is 3. The summed E-state index contributed by atoms with van der Waals surface area (Å²) in [6, 6.07) is 0. The number of hydrogen-bond donors (Lipinski definition) is 4. The van der Waals surface area contributed by atoms with E-state index < -0.39 is 59.8 Å². The summed E-state index contributed by atoms with van der Waals surface area (Å²) in [4.78, 5) is 12.8. The summed E-state index contributed by atoms with van der Waals surface area (Å²) < 4.78 is 59.1. The van der Waals surface area contributed by atoms with E-state index in [1.807, 2.05) is 0 Å². The van der Waals surface area contributed by atoms with Crippen molar-refractivity contribution in [1.82, 2.24) is 0 Å². The molecule has 4 N–H and O–H groups in total. The third-order valence-corrected chi connectivity index (χ3v) is 11.2. The topological polar surface area (TPSA) is 178 Å². The molecule has 0 spiro atoms. The van der Waals surface area contributed by atoms with E-state index in [-0.39, 0.29) is 19.6 Å². The Hall–Kier alpha value is -1.94. The Bertz CT molecular complexity index is 1250. The Morgan fingerprint density at radius 3 is 1.66 bits per heavy atom. The van der Waals surface area contributed by atoms with E-state index in [1.165, 1.54) is 89.9 Å². The van der Waals surface area contributed by atoms with E-state index in [9.17, 15) is 28.5 Å². The zero-order chi connectivity index (χ0) is 44.7. The van der Waals surface area contributed by atoms with Crippen LogP contribution in [0.1, 0.15) is 187 Å². The molecule has 13 heteroatoms. The highest BCUT2D eigenvalue weighted by molar-refractivity contribution is 7.80. The number of carbonyl (C=O) groups is 1. The van der Waals surface area contributed by atoms with Gasteiger partial charge in [-0.2, -0.15) is 8.42 Å². The van der Waals surface area contributed by atoms with Gasteiger partial charge >= 0.3 is 16.4 Å². The van der Waals surface area contributed by atoms with E-state index in [2.05, 4.69) is 66.6 Å². The molecular weight excluding hydrogens is 801 g/mol. The molecule has 0 amide bonds. The molecule has 0 aromatic carbocycles.